The van der Waals surface area contributed by atoms with E-state index in [9.17, 15) is 0 Å². The van der Waals surface area contributed by atoms with Gasteiger partial charge < -0.3 is 15.5 Å². The lowest BCUT2D eigenvalue weighted by atomic mass is 10.3. The number of nitrogens with one attached hydrogen (secondary N) is 2. The molecule has 0 saturated carbocycles. The molecule has 0 amide bonds. The predicted molar refractivity (Wildman–Crippen MR) is 75.2 cm³/mol. The lowest BCUT2D eigenvalue weighted by Gasteiger charge is -2.06. The van der Waals surface area contributed by atoms with E-state index in [1.165, 1.54) is 0 Å². The van der Waals surface area contributed by atoms with Gasteiger partial charge in [0.25, 0.3) is 0 Å². The van der Waals surface area contributed by atoms with Crippen molar-refractivity contribution in [2.24, 2.45) is 5.84 Å². The van der Waals surface area contributed by atoms with Crippen LogP contribution in [0.5, 0.6) is 5.75 Å². The highest BCUT2D eigenvalue weighted by Crippen LogP contribution is 2.19. The Morgan fingerprint density at radius 2 is 2.22 bits per heavy atom. The summed E-state index contributed by atoms with van der Waals surface area (Å²) in [4.78, 5) is 0. The molecular formula is C13H18ClN3O. The van der Waals surface area contributed by atoms with Crippen LogP contribution in [0.1, 0.15) is 6.92 Å². The molecule has 0 aromatic heterocycles. The van der Waals surface area contributed by atoms with Crippen molar-refractivity contribution in [2.75, 3.05) is 13.6 Å². The molecule has 0 atom stereocenters. The fourth-order valence-corrected chi connectivity index (χ4v) is 1.50. The van der Waals surface area contributed by atoms with E-state index in [1.54, 1.807) is 12.1 Å². The van der Waals surface area contributed by atoms with E-state index in [0.29, 0.717) is 17.3 Å². The summed E-state index contributed by atoms with van der Waals surface area (Å²) in [6, 6.07) is 7.26. The van der Waals surface area contributed by atoms with Crippen LogP contribution in [0.25, 0.3) is 0 Å². The molecule has 4 N–H and O–H groups in total. The van der Waals surface area contributed by atoms with Crippen molar-refractivity contribution < 1.29 is 4.74 Å². The Balaban J connectivity index is 2.67. The van der Waals surface area contributed by atoms with Crippen molar-refractivity contribution in [3.05, 3.63) is 52.9 Å². The third-order valence-electron chi connectivity index (χ3n) is 2.15. The second-order valence-corrected chi connectivity index (χ2v) is 4.14. The van der Waals surface area contributed by atoms with Crippen LogP contribution >= 0.6 is 11.6 Å². The van der Waals surface area contributed by atoms with Crippen molar-refractivity contribution in [2.45, 2.75) is 6.92 Å². The van der Waals surface area contributed by atoms with Crippen LogP contribution in [0, 0.1) is 0 Å². The zero-order valence-electron chi connectivity index (χ0n) is 10.5. The van der Waals surface area contributed by atoms with Gasteiger partial charge >= 0.3 is 0 Å². The molecule has 4 nitrogen and oxygen atoms in total. The smallest absolute Gasteiger partial charge is 0.128 e. The Labute approximate surface area is 112 Å². The molecule has 0 aliphatic heterocycles. The topological polar surface area (TPSA) is 59.3 Å². The highest BCUT2D eigenvalue weighted by Gasteiger charge is 1.96. The monoisotopic (exact) mass is 267 g/mol. The summed E-state index contributed by atoms with van der Waals surface area (Å²) < 4.78 is 5.61. The first-order valence-electron chi connectivity index (χ1n) is 5.58. The Bertz CT molecular complexity index is 444. The van der Waals surface area contributed by atoms with Gasteiger partial charge in [-0.2, -0.15) is 0 Å². The van der Waals surface area contributed by atoms with Gasteiger partial charge in [0.2, 0.25) is 0 Å². The molecule has 0 unspecified atom stereocenters. The second-order valence-electron chi connectivity index (χ2n) is 3.70. The zero-order valence-corrected chi connectivity index (χ0v) is 11.3. The molecule has 0 bridgehead atoms. The van der Waals surface area contributed by atoms with Crippen molar-refractivity contribution in [1.82, 2.24) is 10.7 Å². The molecular weight excluding hydrogens is 250 g/mol. The Kier molecular flexibility index (Phi) is 6.28. The minimum absolute atomic E-state index is 0.648. The van der Waals surface area contributed by atoms with Crippen LogP contribution in [0.3, 0.4) is 0 Å². The number of hydrogen-bond acceptors (Lipinski definition) is 4. The van der Waals surface area contributed by atoms with Gasteiger partial charge in [-0.15, -0.1) is 0 Å². The summed E-state index contributed by atoms with van der Waals surface area (Å²) in [7, 11) is 1.85. The quantitative estimate of drug-likeness (QED) is 0.320. The lowest BCUT2D eigenvalue weighted by Crippen LogP contribution is -2.27. The average Bonchev–Trinajstić information content (AvgIpc) is 2.34. The zero-order chi connectivity index (χ0) is 13.4. The fraction of sp³-hybridized carbons (Fsp3) is 0.231. The van der Waals surface area contributed by atoms with Gasteiger partial charge in [-0.1, -0.05) is 17.7 Å². The summed E-state index contributed by atoms with van der Waals surface area (Å²) in [5, 5.41) is 3.65. The summed E-state index contributed by atoms with van der Waals surface area (Å²) in [5.41, 5.74) is 3.48. The first-order chi connectivity index (χ1) is 8.65. The number of benzene rings is 1. The minimum Gasteiger partial charge on any atom is -0.462 e. The Morgan fingerprint density at radius 3 is 2.83 bits per heavy atom. The molecule has 1 aromatic carbocycles. The predicted octanol–water partition coefficient (Wildman–Crippen LogP) is 2.19. The third kappa shape index (κ3) is 5.23. The van der Waals surface area contributed by atoms with Crippen molar-refractivity contribution >= 4 is 11.6 Å². The normalized spacial score (nSPS) is 12.4. The first kappa shape index (κ1) is 14.6. The van der Waals surface area contributed by atoms with E-state index >= 15 is 0 Å². The minimum atomic E-state index is 0.648. The Hall–Kier alpha value is -1.49. The van der Waals surface area contributed by atoms with Crippen LogP contribution in [0.4, 0.5) is 0 Å². The maximum Gasteiger partial charge on any atom is 0.128 e. The van der Waals surface area contributed by atoms with Gasteiger partial charge in [0, 0.05) is 17.3 Å². The molecule has 0 spiro atoms. The summed E-state index contributed by atoms with van der Waals surface area (Å²) in [6.45, 7) is 2.53. The third-order valence-corrected chi connectivity index (χ3v) is 2.38. The fourth-order valence-electron chi connectivity index (χ4n) is 1.32. The van der Waals surface area contributed by atoms with Crippen molar-refractivity contribution in [1.29, 1.82) is 0 Å². The maximum absolute atomic E-state index is 5.87. The number of hydrogen-bond donors (Lipinski definition) is 3. The molecule has 0 aliphatic rings. The first-order valence-corrected chi connectivity index (χ1v) is 5.95. The van der Waals surface area contributed by atoms with Crippen LogP contribution in [-0.2, 0) is 0 Å². The van der Waals surface area contributed by atoms with Crippen molar-refractivity contribution in [3.8, 4) is 5.75 Å². The van der Waals surface area contributed by atoms with Crippen LogP contribution in [-0.4, -0.2) is 13.6 Å². The number of ether oxygens (including phenoxy) is 1. The summed E-state index contributed by atoms with van der Waals surface area (Å²) >= 11 is 5.87. The van der Waals surface area contributed by atoms with Gasteiger partial charge in [-0.25, -0.2) is 0 Å². The van der Waals surface area contributed by atoms with Crippen molar-refractivity contribution in [3.63, 3.8) is 0 Å². The lowest BCUT2D eigenvalue weighted by molar-refractivity contribution is 0.428. The van der Waals surface area contributed by atoms with E-state index in [0.717, 1.165) is 11.5 Å². The number of allylic oxidation sites excluding steroid dienone is 3. The molecule has 1 aromatic rings. The molecule has 0 heterocycles. The molecule has 5 heteroatoms. The van der Waals surface area contributed by atoms with Crippen LogP contribution in [0.2, 0.25) is 5.02 Å². The summed E-state index contributed by atoms with van der Waals surface area (Å²) in [6.07, 6.45) is 3.70. The maximum atomic E-state index is 5.87. The molecule has 18 heavy (non-hydrogen) atoms. The molecule has 1 rings (SSSR count). The van der Waals surface area contributed by atoms with E-state index in [4.69, 9.17) is 22.2 Å². The highest BCUT2D eigenvalue weighted by molar-refractivity contribution is 6.30. The number of halogens is 1. The molecule has 0 saturated heterocycles. The number of rotatable bonds is 6. The van der Waals surface area contributed by atoms with Gasteiger partial charge in [-0.05, 0) is 44.3 Å². The van der Waals surface area contributed by atoms with Crippen LogP contribution in [0.15, 0.2) is 47.9 Å². The molecule has 98 valence electrons. The van der Waals surface area contributed by atoms with E-state index in [-0.39, 0.29) is 0 Å². The van der Waals surface area contributed by atoms with E-state index < -0.39 is 0 Å². The summed E-state index contributed by atoms with van der Waals surface area (Å²) in [5.74, 6) is 6.83. The Morgan fingerprint density at radius 1 is 1.44 bits per heavy atom. The van der Waals surface area contributed by atoms with Gasteiger partial charge in [-0.3, -0.25) is 5.84 Å². The molecule has 0 aliphatic carbocycles. The number of nitrogens with two attached hydrogens (primary N) is 1. The second kappa shape index (κ2) is 7.76. The van der Waals surface area contributed by atoms with E-state index in [2.05, 4.69) is 10.7 Å². The number of likely N-dealkylation sites (N-methyl/N-ethyl adjacent to an activating group) is 1. The van der Waals surface area contributed by atoms with E-state index in [1.807, 2.05) is 38.3 Å². The van der Waals surface area contributed by atoms with Crippen LogP contribution < -0.4 is 21.3 Å². The van der Waals surface area contributed by atoms with Gasteiger partial charge in [0.05, 0.1) is 0 Å². The number of hydrazine groups is 1. The average molecular weight is 268 g/mol. The standard InChI is InChI=1S/C13H18ClN3O/c1-10(6-7-12(17-15)9-16-2)18-13-5-3-4-11(14)8-13/h3-8,16-17H,9,15H2,1-2H3/b10-6+,12-7+. The van der Waals surface area contributed by atoms with Gasteiger partial charge in [0.1, 0.15) is 11.5 Å². The molecule has 0 radical (unpaired) electrons. The largest absolute Gasteiger partial charge is 0.462 e. The highest BCUT2D eigenvalue weighted by atomic mass is 35.5. The molecule has 0 fully saturated rings. The van der Waals surface area contributed by atoms with Gasteiger partial charge in [0.15, 0.2) is 0 Å². The SMILES string of the molecule is CNC/C(=C\C=C(/C)Oc1cccc(Cl)c1)NN.